The highest BCUT2D eigenvalue weighted by Gasteiger charge is 2.18. The van der Waals surface area contributed by atoms with E-state index >= 15 is 0 Å². The van der Waals surface area contributed by atoms with Gasteiger partial charge in [-0.1, -0.05) is 36.4 Å². The Bertz CT molecular complexity index is 585. The summed E-state index contributed by atoms with van der Waals surface area (Å²) in [7, 11) is 0. The molecule has 1 N–H and O–H groups in total. The van der Waals surface area contributed by atoms with Crippen LogP contribution >= 0.6 is 0 Å². The molecule has 0 radical (unpaired) electrons. The zero-order chi connectivity index (χ0) is 13.9. The fourth-order valence-electron chi connectivity index (χ4n) is 3.13. The van der Waals surface area contributed by atoms with Gasteiger partial charge in [0.2, 0.25) is 0 Å². The molecule has 1 aliphatic heterocycles. The predicted molar refractivity (Wildman–Crippen MR) is 81.9 cm³/mol. The summed E-state index contributed by atoms with van der Waals surface area (Å²) >= 11 is 0. The number of aliphatic hydroxyl groups excluding tert-OH is 1. The third kappa shape index (κ3) is 2.72. The molecular formula is C18H22O2. The molecule has 1 aliphatic rings. The maximum Gasteiger partial charge on any atom is 0.0797 e. The second kappa shape index (κ2) is 5.94. The molecule has 0 aromatic heterocycles. The van der Waals surface area contributed by atoms with E-state index in [-0.39, 0.29) is 0 Å². The Morgan fingerprint density at radius 3 is 2.75 bits per heavy atom. The topological polar surface area (TPSA) is 29.5 Å². The van der Waals surface area contributed by atoms with Crippen molar-refractivity contribution >= 4 is 10.8 Å². The number of benzene rings is 2. The van der Waals surface area contributed by atoms with Crippen molar-refractivity contribution in [1.29, 1.82) is 0 Å². The van der Waals surface area contributed by atoms with Crippen LogP contribution in [0.25, 0.3) is 10.8 Å². The van der Waals surface area contributed by atoms with Crippen LogP contribution in [0.1, 0.15) is 42.9 Å². The first-order chi connectivity index (χ1) is 9.75. The zero-order valence-corrected chi connectivity index (χ0v) is 12.0. The van der Waals surface area contributed by atoms with Crippen molar-refractivity contribution in [2.45, 2.75) is 44.8 Å². The van der Waals surface area contributed by atoms with Crippen molar-refractivity contribution in [3.8, 4) is 0 Å². The third-order valence-corrected chi connectivity index (χ3v) is 4.32. The van der Waals surface area contributed by atoms with Crippen LogP contribution in [0.3, 0.4) is 0 Å². The minimum atomic E-state index is -0.398. The third-order valence-electron chi connectivity index (χ3n) is 4.32. The molecule has 2 aromatic rings. The molecule has 2 heteroatoms. The van der Waals surface area contributed by atoms with E-state index in [1.54, 1.807) is 0 Å². The lowest BCUT2D eigenvalue weighted by molar-refractivity contribution is 0.0815. The Labute approximate surface area is 120 Å². The molecule has 2 unspecified atom stereocenters. The lowest BCUT2D eigenvalue weighted by Gasteiger charge is -2.17. The summed E-state index contributed by atoms with van der Waals surface area (Å²) in [6.45, 7) is 3.00. The van der Waals surface area contributed by atoms with Crippen molar-refractivity contribution < 1.29 is 9.84 Å². The van der Waals surface area contributed by atoms with E-state index in [9.17, 15) is 5.11 Å². The lowest BCUT2D eigenvalue weighted by Crippen LogP contribution is -2.08. The molecule has 1 saturated heterocycles. The smallest absolute Gasteiger partial charge is 0.0797 e. The summed E-state index contributed by atoms with van der Waals surface area (Å²) in [6, 6.07) is 12.5. The predicted octanol–water partition coefficient (Wildman–Crippen LogP) is 4.14. The Kier molecular flexibility index (Phi) is 4.04. The van der Waals surface area contributed by atoms with Crippen LogP contribution in [0.4, 0.5) is 0 Å². The minimum absolute atomic E-state index is 0.348. The van der Waals surface area contributed by atoms with Crippen molar-refractivity contribution in [3.63, 3.8) is 0 Å². The fraction of sp³-hybridized carbons (Fsp3) is 0.444. The van der Waals surface area contributed by atoms with Gasteiger partial charge < -0.3 is 9.84 Å². The molecule has 0 aliphatic carbocycles. The maximum atomic E-state index is 10.5. The fourth-order valence-corrected chi connectivity index (χ4v) is 3.13. The molecule has 20 heavy (non-hydrogen) atoms. The van der Waals surface area contributed by atoms with Crippen LogP contribution in [-0.2, 0) is 4.74 Å². The van der Waals surface area contributed by atoms with Crippen molar-refractivity contribution in [2.24, 2.45) is 0 Å². The molecule has 2 nitrogen and oxygen atoms in total. The van der Waals surface area contributed by atoms with Gasteiger partial charge in [0.15, 0.2) is 0 Å². The van der Waals surface area contributed by atoms with Gasteiger partial charge in [0.25, 0.3) is 0 Å². The van der Waals surface area contributed by atoms with Crippen molar-refractivity contribution in [1.82, 2.24) is 0 Å². The van der Waals surface area contributed by atoms with Gasteiger partial charge in [0.1, 0.15) is 0 Å². The molecule has 0 spiro atoms. The molecule has 3 rings (SSSR count). The Balaban J connectivity index is 1.80. The van der Waals surface area contributed by atoms with E-state index in [4.69, 9.17) is 4.74 Å². The summed E-state index contributed by atoms with van der Waals surface area (Å²) in [5.74, 6) is 0. The lowest BCUT2D eigenvalue weighted by atomic mass is 9.94. The highest BCUT2D eigenvalue weighted by atomic mass is 16.5. The first-order valence-electron chi connectivity index (χ1n) is 7.53. The number of ether oxygens (including phenoxy) is 1. The number of hydrogen-bond donors (Lipinski definition) is 1. The highest BCUT2D eigenvalue weighted by Crippen LogP contribution is 2.30. The Morgan fingerprint density at radius 2 is 2.00 bits per heavy atom. The van der Waals surface area contributed by atoms with Gasteiger partial charge >= 0.3 is 0 Å². The van der Waals surface area contributed by atoms with E-state index in [0.717, 1.165) is 37.9 Å². The zero-order valence-electron chi connectivity index (χ0n) is 12.0. The average Bonchev–Trinajstić information content (AvgIpc) is 2.99. The number of hydrogen-bond acceptors (Lipinski definition) is 2. The number of aryl methyl sites for hydroxylation is 1. The van der Waals surface area contributed by atoms with Gasteiger partial charge in [-0.15, -0.1) is 0 Å². The molecule has 1 fully saturated rings. The molecule has 0 bridgehead atoms. The minimum Gasteiger partial charge on any atom is -0.388 e. The number of aliphatic hydroxyl groups is 1. The van der Waals surface area contributed by atoms with Gasteiger partial charge in [-0.25, -0.2) is 0 Å². The first-order valence-corrected chi connectivity index (χ1v) is 7.53. The number of rotatable bonds is 4. The molecule has 0 saturated carbocycles. The average molecular weight is 270 g/mol. The molecule has 2 aromatic carbocycles. The van der Waals surface area contributed by atoms with Gasteiger partial charge in [-0.2, -0.15) is 0 Å². The summed E-state index contributed by atoms with van der Waals surface area (Å²) < 4.78 is 5.63. The standard InChI is InChI=1S/C18H22O2/c1-13-8-10-17(16-7-3-2-6-15(13)16)18(19)11-9-14-5-4-12-20-14/h2-3,6-8,10,14,18-19H,4-5,9,11-12H2,1H3. The summed E-state index contributed by atoms with van der Waals surface area (Å²) in [5, 5.41) is 12.9. The summed E-state index contributed by atoms with van der Waals surface area (Å²) in [5.41, 5.74) is 2.31. The van der Waals surface area contributed by atoms with Crippen LogP contribution in [0.15, 0.2) is 36.4 Å². The van der Waals surface area contributed by atoms with Gasteiger partial charge in [-0.3, -0.25) is 0 Å². The van der Waals surface area contributed by atoms with E-state index in [2.05, 4.69) is 37.3 Å². The van der Waals surface area contributed by atoms with Crippen LogP contribution in [0, 0.1) is 6.92 Å². The number of fused-ring (bicyclic) bond motifs is 1. The summed E-state index contributed by atoms with van der Waals surface area (Å²) in [4.78, 5) is 0. The Hall–Kier alpha value is -1.38. The van der Waals surface area contributed by atoms with Crippen LogP contribution in [-0.4, -0.2) is 17.8 Å². The maximum absolute atomic E-state index is 10.5. The van der Waals surface area contributed by atoms with E-state index in [1.165, 1.54) is 16.3 Å². The van der Waals surface area contributed by atoms with Gasteiger partial charge in [-0.05, 0) is 54.5 Å². The van der Waals surface area contributed by atoms with Gasteiger partial charge in [0, 0.05) is 6.61 Å². The van der Waals surface area contributed by atoms with E-state index in [1.807, 2.05) is 6.07 Å². The normalized spacial score (nSPS) is 20.4. The first kappa shape index (κ1) is 13.6. The Morgan fingerprint density at radius 1 is 1.20 bits per heavy atom. The quantitative estimate of drug-likeness (QED) is 0.904. The highest BCUT2D eigenvalue weighted by molar-refractivity contribution is 5.88. The van der Waals surface area contributed by atoms with E-state index in [0.29, 0.717) is 6.10 Å². The van der Waals surface area contributed by atoms with Crippen LogP contribution < -0.4 is 0 Å². The second-order valence-corrected chi connectivity index (χ2v) is 5.75. The van der Waals surface area contributed by atoms with Crippen LogP contribution in [0.5, 0.6) is 0 Å². The molecule has 106 valence electrons. The van der Waals surface area contributed by atoms with E-state index < -0.39 is 6.10 Å². The monoisotopic (exact) mass is 270 g/mol. The van der Waals surface area contributed by atoms with Gasteiger partial charge in [0.05, 0.1) is 12.2 Å². The second-order valence-electron chi connectivity index (χ2n) is 5.75. The molecule has 0 amide bonds. The van der Waals surface area contributed by atoms with Crippen molar-refractivity contribution in [3.05, 3.63) is 47.5 Å². The van der Waals surface area contributed by atoms with Crippen LogP contribution in [0.2, 0.25) is 0 Å². The largest absolute Gasteiger partial charge is 0.388 e. The summed E-state index contributed by atoms with van der Waals surface area (Å²) in [6.07, 6.45) is 3.97. The molecule has 1 heterocycles. The van der Waals surface area contributed by atoms with Crippen molar-refractivity contribution in [2.75, 3.05) is 6.61 Å². The molecular weight excluding hydrogens is 248 g/mol. The SMILES string of the molecule is Cc1ccc(C(O)CCC2CCCO2)c2ccccc12. The molecule has 2 atom stereocenters.